The summed E-state index contributed by atoms with van der Waals surface area (Å²) >= 11 is 0. The molecule has 0 bridgehead atoms. The van der Waals surface area contributed by atoms with Crippen LogP contribution < -0.4 is 5.73 Å². The number of amides is 1. The normalized spacial score (nSPS) is 15.6. The molecule has 4 rings (SSSR count). The number of carbonyl (C=O) groups excluding carboxylic acids is 1. The molecule has 2 aromatic heterocycles. The van der Waals surface area contributed by atoms with Gasteiger partial charge in [-0.3, -0.25) is 9.48 Å². The van der Waals surface area contributed by atoms with Gasteiger partial charge in [0.2, 0.25) is 11.9 Å². The van der Waals surface area contributed by atoms with Crippen molar-refractivity contribution in [2.75, 3.05) is 19.8 Å². The number of nitrogens with one attached hydrogen (secondary N) is 1. The van der Waals surface area contributed by atoms with Gasteiger partial charge in [-0.15, -0.1) is 0 Å². The topological polar surface area (TPSA) is 137 Å². The Morgan fingerprint density at radius 2 is 1.85 bits per heavy atom. The molecule has 9 heteroatoms. The summed E-state index contributed by atoms with van der Waals surface area (Å²) in [6.07, 6.45) is 10.3. The number of nitrogens with two attached hydrogens (primary N) is 1. The van der Waals surface area contributed by atoms with Gasteiger partial charge in [0.25, 0.3) is 5.76 Å². The zero-order valence-electron chi connectivity index (χ0n) is 19.6. The lowest BCUT2D eigenvalue weighted by Crippen LogP contribution is -2.33. The number of anilines is 1. The predicted octanol–water partition coefficient (Wildman–Crippen LogP) is 2.46. The largest absolute Gasteiger partial charge is 0.593 e. The van der Waals surface area contributed by atoms with Gasteiger partial charge in [0.1, 0.15) is 12.1 Å². The molecule has 1 aliphatic rings. The SMILES string of the molecule is CN(C)C(=O)Cn1cc(/C([OH2+])=C/C(=N)[C@@](C)(c2ccc(-c3cnc(N)nc3)cc2)C2CC2)cn1. The molecule has 1 aliphatic carbocycles. The van der Waals surface area contributed by atoms with Crippen molar-refractivity contribution in [1.29, 1.82) is 5.41 Å². The molecule has 0 radical (unpaired) electrons. The average molecular weight is 461 g/mol. The lowest BCUT2D eigenvalue weighted by Gasteiger charge is -2.30. The number of hydrogen-bond donors (Lipinski definition) is 2. The van der Waals surface area contributed by atoms with Crippen molar-refractivity contribution in [2.24, 2.45) is 5.92 Å². The lowest BCUT2D eigenvalue weighted by atomic mass is 9.73. The number of hydrogen-bond acceptors (Lipinski definition) is 6. The van der Waals surface area contributed by atoms with E-state index in [4.69, 9.17) is 16.2 Å². The van der Waals surface area contributed by atoms with E-state index in [2.05, 4.69) is 22.0 Å². The van der Waals surface area contributed by atoms with Crippen LogP contribution in [0, 0.1) is 11.3 Å². The average Bonchev–Trinajstić information content (AvgIpc) is 3.58. The van der Waals surface area contributed by atoms with E-state index in [1.807, 2.05) is 24.3 Å². The van der Waals surface area contributed by atoms with E-state index in [1.165, 1.54) is 9.58 Å². The molecule has 1 fully saturated rings. The molecular weight excluding hydrogens is 430 g/mol. The quantitative estimate of drug-likeness (QED) is 0.302. The highest BCUT2D eigenvalue weighted by atomic mass is 16.3. The summed E-state index contributed by atoms with van der Waals surface area (Å²) < 4.78 is 1.52. The number of carbonyl (C=O) groups is 1. The third-order valence-corrected chi connectivity index (χ3v) is 6.47. The maximum atomic E-state index is 11.9. The minimum Gasteiger partial charge on any atom is -0.593 e. The minimum atomic E-state index is -0.501. The first-order valence-electron chi connectivity index (χ1n) is 11.1. The monoisotopic (exact) mass is 460 g/mol. The summed E-state index contributed by atoms with van der Waals surface area (Å²) in [5.74, 6) is 0.724. The molecule has 34 heavy (non-hydrogen) atoms. The first-order valence-corrected chi connectivity index (χ1v) is 11.1. The van der Waals surface area contributed by atoms with Gasteiger partial charge < -0.3 is 21.1 Å². The summed E-state index contributed by atoms with van der Waals surface area (Å²) in [7, 11) is 3.39. The summed E-state index contributed by atoms with van der Waals surface area (Å²) in [5, 5.41) is 21.7. The Labute approximate surface area is 198 Å². The van der Waals surface area contributed by atoms with Gasteiger partial charge in [-0.05, 0) is 36.8 Å². The van der Waals surface area contributed by atoms with Crippen LogP contribution in [0.5, 0.6) is 0 Å². The fourth-order valence-corrected chi connectivity index (χ4v) is 4.01. The second-order valence-corrected chi connectivity index (χ2v) is 9.07. The van der Waals surface area contributed by atoms with Crippen LogP contribution in [0.25, 0.3) is 16.9 Å². The van der Waals surface area contributed by atoms with Crippen molar-refractivity contribution < 1.29 is 9.90 Å². The molecule has 5 N–H and O–H groups in total. The molecule has 2 heterocycles. The van der Waals surface area contributed by atoms with Gasteiger partial charge in [0, 0.05) is 43.7 Å². The van der Waals surface area contributed by atoms with Gasteiger partial charge >= 0.3 is 0 Å². The zero-order valence-corrected chi connectivity index (χ0v) is 19.6. The Bertz CT molecular complexity index is 1220. The Balaban J connectivity index is 1.56. The molecule has 176 valence electrons. The molecule has 3 aromatic rings. The summed E-state index contributed by atoms with van der Waals surface area (Å²) in [5.41, 5.74) is 8.94. The van der Waals surface area contributed by atoms with E-state index < -0.39 is 5.41 Å². The number of nitrogen functional groups attached to an aromatic ring is 1. The number of allylic oxidation sites excluding steroid dienone is 1. The van der Waals surface area contributed by atoms with Crippen molar-refractivity contribution in [3.63, 3.8) is 0 Å². The minimum absolute atomic E-state index is 0.0757. The maximum absolute atomic E-state index is 11.9. The lowest BCUT2D eigenvalue weighted by molar-refractivity contribution is -0.129. The Morgan fingerprint density at radius 3 is 2.44 bits per heavy atom. The second-order valence-electron chi connectivity index (χ2n) is 9.07. The number of nitrogens with zero attached hydrogens (tertiary/aromatic N) is 5. The third-order valence-electron chi connectivity index (χ3n) is 6.47. The highest BCUT2D eigenvalue weighted by Gasteiger charge is 2.45. The Kier molecular flexibility index (Phi) is 6.19. The molecule has 1 aromatic carbocycles. The van der Waals surface area contributed by atoms with Crippen molar-refractivity contribution in [1.82, 2.24) is 24.6 Å². The molecule has 9 nitrogen and oxygen atoms in total. The van der Waals surface area contributed by atoms with Crippen molar-refractivity contribution >= 4 is 23.3 Å². The van der Waals surface area contributed by atoms with Crippen molar-refractivity contribution in [3.8, 4) is 11.1 Å². The molecule has 0 spiro atoms. The molecule has 0 aliphatic heterocycles. The molecular formula is C25H30N7O2+. The van der Waals surface area contributed by atoms with E-state index in [1.54, 1.807) is 45.0 Å². The van der Waals surface area contributed by atoms with Crippen LogP contribution in [0.1, 0.15) is 30.9 Å². The molecule has 1 saturated carbocycles. The van der Waals surface area contributed by atoms with Crippen LogP contribution in [-0.4, -0.2) is 55.5 Å². The fourth-order valence-electron chi connectivity index (χ4n) is 4.01. The van der Waals surface area contributed by atoms with Crippen LogP contribution in [0.15, 0.2) is 55.1 Å². The first kappa shape index (κ1) is 23.2. The Morgan fingerprint density at radius 1 is 1.21 bits per heavy atom. The van der Waals surface area contributed by atoms with Crippen molar-refractivity contribution in [3.05, 3.63) is 66.3 Å². The number of aromatic nitrogens is 4. The van der Waals surface area contributed by atoms with Gasteiger partial charge in [-0.25, -0.2) is 9.97 Å². The number of rotatable bonds is 8. The van der Waals surface area contributed by atoms with Gasteiger partial charge in [-0.2, -0.15) is 5.10 Å². The van der Waals surface area contributed by atoms with Crippen molar-refractivity contribution in [2.45, 2.75) is 31.7 Å². The van der Waals surface area contributed by atoms with Gasteiger partial charge in [-0.1, -0.05) is 24.3 Å². The Hall–Kier alpha value is -4.01. The highest BCUT2D eigenvalue weighted by molar-refractivity contribution is 6.05. The highest BCUT2D eigenvalue weighted by Crippen LogP contribution is 2.48. The number of likely N-dealkylation sites (N-methyl/N-ethyl adjacent to an activating group) is 1. The van der Waals surface area contributed by atoms with Crippen LogP contribution >= 0.6 is 0 Å². The fraction of sp³-hybridized carbons (Fsp3) is 0.320. The first-order chi connectivity index (χ1) is 16.2. The molecule has 0 saturated heterocycles. The van der Waals surface area contributed by atoms with Crippen LogP contribution in [0.4, 0.5) is 5.95 Å². The zero-order chi connectivity index (χ0) is 24.5. The van der Waals surface area contributed by atoms with Gasteiger partial charge in [0.05, 0.1) is 18.0 Å². The smallest absolute Gasteiger partial charge is 0.266 e. The van der Waals surface area contributed by atoms with E-state index in [9.17, 15) is 4.79 Å². The predicted molar refractivity (Wildman–Crippen MR) is 132 cm³/mol. The van der Waals surface area contributed by atoms with E-state index >= 15 is 0 Å². The van der Waals surface area contributed by atoms with Crippen LogP contribution in [-0.2, 0) is 16.8 Å². The summed E-state index contributed by atoms with van der Waals surface area (Å²) in [6.45, 7) is 2.19. The summed E-state index contributed by atoms with van der Waals surface area (Å²) in [4.78, 5) is 21.5. The molecule has 1 atom stereocenters. The van der Waals surface area contributed by atoms with Crippen LogP contribution in [0.3, 0.4) is 0 Å². The van der Waals surface area contributed by atoms with E-state index in [-0.39, 0.29) is 24.2 Å². The second kappa shape index (κ2) is 9.09. The standard InChI is InChI=1S/C25H29N7O2/c1-25(20-8-9-20,19-6-4-16(5-7-19)17-11-28-24(27)29-12-17)22(26)10-21(33)18-13-30-32(14-18)15-23(34)31(2)3/h4-7,10-14,20,26,33H,8-9,15H2,1-3H3,(H2,27,28,29)/p+1/b21-10-,26-22?/t25-/m0/s1. The van der Waals surface area contributed by atoms with Gasteiger partial charge in [0.15, 0.2) is 0 Å². The van der Waals surface area contributed by atoms with E-state index in [0.717, 1.165) is 29.5 Å². The maximum Gasteiger partial charge on any atom is 0.266 e. The molecule has 1 amide bonds. The third kappa shape index (κ3) is 4.68. The van der Waals surface area contributed by atoms with Crippen LogP contribution in [0.2, 0.25) is 0 Å². The molecule has 0 unspecified atom stereocenters. The van der Waals surface area contributed by atoms with E-state index in [0.29, 0.717) is 17.2 Å². The number of benzene rings is 1. The summed E-state index contributed by atoms with van der Waals surface area (Å²) in [6, 6.07) is 8.10.